The molecule has 1 rings (SSSR count). The molecule has 0 aliphatic carbocycles. The van der Waals surface area contributed by atoms with E-state index in [0.717, 1.165) is 21.6 Å². The van der Waals surface area contributed by atoms with Crippen molar-refractivity contribution in [2.75, 3.05) is 7.11 Å². The van der Waals surface area contributed by atoms with Gasteiger partial charge in [0.1, 0.15) is 0 Å². The van der Waals surface area contributed by atoms with Crippen molar-refractivity contribution in [2.24, 2.45) is 0 Å². The average Bonchev–Trinajstić information content (AvgIpc) is 2.17. The van der Waals surface area contributed by atoms with Crippen LogP contribution in [0.1, 0.15) is 11.1 Å². The van der Waals surface area contributed by atoms with E-state index in [9.17, 15) is 0 Å². The van der Waals surface area contributed by atoms with Crippen LogP contribution in [-0.4, -0.2) is 22.1 Å². The molecule has 0 aliphatic rings. The Balaban J connectivity index is 2.66. The van der Waals surface area contributed by atoms with E-state index in [-0.39, 0.29) is 0 Å². The molecule has 1 nitrogen and oxygen atoms in total. The van der Waals surface area contributed by atoms with Crippen LogP contribution in [0.3, 0.4) is 0 Å². The Kier molecular flexibility index (Phi) is 5.14. The fraction of sp³-hybridized carbons (Fsp3) is 0.455. The number of ether oxygens (including phenoxy) is 1. The van der Waals surface area contributed by atoms with E-state index in [4.69, 9.17) is 4.74 Å². The van der Waals surface area contributed by atoms with Crippen LogP contribution in [0.4, 0.5) is 0 Å². The molecule has 0 heterocycles. The van der Waals surface area contributed by atoms with Gasteiger partial charge in [-0.25, -0.2) is 0 Å². The Morgan fingerprint density at radius 2 is 1.92 bits per heavy atom. The maximum atomic E-state index is 5.15. The van der Waals surface area contributed by atoms with Crippen LogP contribution in [0.2, 0.25) is 11.1 Å². The van der Waals surface area contributed by atoms with Crippen molar-refractivity contribution < 1.29 is 4.74 Å². The van der Waals surface area contributed by atoms with Crippen LogP contribution in [0, 0.1) is 0 Å². The zero-order valence-electron chi connectivity index (χ0n) is 8.25. The molecule has 0 unspecified atom stereocenters. The van der Waals surface area contributed by atoms with Crippen molar-refractivity contribution in [3.8, 4) is 0 Å². The normalized spacial score (nSPS) is 10.3. The van der Waals surface area contributed by atoms with Gasteiger partial charge in [0, 0.05) is 0 Å². The summed E-state index contributed by atoms with van der Waals surface area (Å²) in [6, 6.07) is 8.55. The van der Waals surface area contributed by atoms with Gasteiger partial charge >= 0.3 is 86.4 Å². The SMILES string of the molecule is COCc1ccccc1CC[Se]C. The van der Waals surface area contributed by atoms with Crippen molar-refractivity contribution in [3.05, 3.63) is 35.4 Å². The van der Waals surface area contributed by atoms with Crippen LogP contribution < -0.4 is 0 Å². The molecule has 1 aromatic rings. The third kappa shape index (κ3) is 3.51. The zero-order chi connectivity index (χ0) is 9.52. The summed E-state index contributed by atoms with van der Waals surface area (Å²) >= 11 is 0.778. The second-order valence-electron chi connectivity index (χ2n) is 2.94. The molecule has 0 spiro atoms. The minimum absolute atomic E-state index is 0.743. The Morgan fingerprint density at radius 1 is 1.23 bits per heavy atom. The van der Waals surface area contributed by atoms with Gasteiger partial charge in [-0.15, -0.1) is 0 Å². The van der Waals surface area contributed by atoms with Crippen LogP contribution in [0.5, 0.6) is 0 Å². The Labute approximate surface area is 86.7 Å². The van der Waals surface area contributed by atoms with Gasteiger partial charge in [-0.2, -0.15) is 0 Å². The zero-order valence-corrected chi connectivity index (χ0v) is 9.96. The van der Waals surface area contributed by atoms with Crippen molar-refractivity contribution in [2.45, 2.75) is 24.2 Å². The first kappa shape index (κ1) is 10.8. The number of hydrogen-bond acceptors (Lipinski definition) is 1. The number of methoxy groups -OCH3 is 1. The standard InChI is InChI=1S/C11H16OSe/c1-12-9-11-6-4-3-5-10(11)7-8-13-2/h3-6H,7-9H2,1-2H3. The molecule has 72 valence electrons. The molecule has 0 bridgehead atoms. The van der Waals surface area contributed by atoms with Gasteiger partial charge < -0.3 is 0 Å². The van der Waals surface area contributed by atoms with Crippen LogP contribution in [-0.2, 0) is 17.8 Å². The van der Waals surface area contributed by atoms with E-state index >= 15 is 0 Å². The summed E-state index contributed by atoms with van der Waals surface area (Å²) in [4.78, 5) is 0. The van der Waals surface area contributed by atoms with Gasteiger partial charge in [-0.05, 0) is 0 Å². The summed E-state index contributed by atoms with van der Waals surface area (Å²) in [5.41, 5.74) is 2.79. The van der Waals surface area contributed by atoms with Crippen molar-refractivity contribution in [3.63, 3.8) is 0 Å². The van der Waals surface area contributed by atoms with Crippen molar-refractivity contribution in [1.82, 2.24) is 0 Å². The number of benzene rings is 1. The molecule has 0 atom stereocenters. The van der Waals surface area contributed by atoms with E-state index in [1.165, 1.54) is 22.9 Å². The first-order chi connectivity index (χ1) is 6.38. The number of rotatable bonds is 5. The number of hydrogen-bond donors (Lipinski definition) is 0. The molecule has 0 fully saturated rings. The van der Waals surface area contributed by atoms with Gasteiger partial charge in [-0.1, -0.05) is 0 Å². The molecule has 0 saturated heterocycles. The second kappa shape index (κ2) is 6.20. The van der Waals surface area contributed by atoms with Crippen LogP contribution >= 0.6 is 0 Å². The topological polar surface area (TPSA) is 9.23 Å². The van der Waals surface area contributed by atoms with Gasteiger partial charge in [0.2, 0.25) is 0 Å². The fourth-order valence-electron chi connectivity index (χ4n) is 1.31. The van der Waals surface area contributed by atoms with Gasteiger partial charge in [-0.3, -0.25) is 0 Å². The summed E-state index contributed by atoms with van der Waals surface area (Å²) in [5.74, 6) is 2.28. The Morgan fingerprint density at radius 3 is 2.54 bits per heavy atom. The minimum atomic E-state index is 0.743. The summed E-state index contributed by atoms with van der Waals surface area (Å²) in [6.45, 7) is 0.743. The Bertz CT molecular complexity index is 248. The van der Waals surface area contributed by atoms with E-state index in [1.807, 2.05) is 0 Å². The second-order valence-corrected chi connectivity index (χ2v) is 5.01. The van der Waals surface area contributed by atoms with E-state index < -0.39 is 0 Å². The summed E-state index contributed by atoms with van der Waals surface area (Å²) in [5, 5.41) is 1.33. The van der Waals surface area contributed by atoms with Gasteiger partial charge in [0.25, 0.3) is 0 Å². The molecular weight excluding hydrogens is 227 g/mol. The average molecular weight is 243 g/mol. The predicted octanol–water partition coefficient (Wildman–Crippen LogP) is 2.55. The van der Waals surface area contributed by atoms with Gasteiger partial charge in [0.15, 0.2) is 0 Å². The predicted molar refractivity (Wildman–Crippen MR) is 57.3 cm³/mol. The maximum absolute atomic E-state index is 5.15. The van der Waals surface area contributed by atoms with Crippen LogP contribution in [0.25, 0.3) is 0 Å². The molecular formula is C11H16OSe. The quantitative estimate of drug-likeness (QED) is 0.722. The van der Waals surface area contributed by atoms with Crippen molar-refractivity contribution >= 4 is 15.0 Å². The summed E-state index contributed by atoms with van der Waals surface area (Å²) in [6.07, 6.45) is 1.20. The van der Waals surface area contributed by atoms with Gasteiger partial charge in [0.05, 0.1) is 0 Å². The molecule has 0 aromatic heterocycles. The first-order valence-electron chi connectivity index (χ1n) is 4.43. The van der Waals surface area contributed by atoms with E-state index in [2.05, 4.69) is 30.1 Å². The summed E-state index contributed by atoms with van der Waals surface area (Å²) < 4.78 is 5.15. The molecule has 13 heavy (non-hydrogen) atoms. The molecule has 0 saturated carbocycles. The van der Waals surface area contributed by atoms with E-state index in [1.54, 1.807) is 7.11 Å². The third-order valence-corrected chi connectivity index (χ3v) is 3.28. The molecule has 1 aromatic carbocycles. The molecule has 0 aliphatic heterocycles. The third-order valence-electron chi connectivity index (χ3n) is 1.99. The Hall–Kier alpha value is -0.301. The van der Waals surface area contributed by atoms with Crippen molar-refractivity contribution in [1.29, 1.82) is 0 Å². The molecule has 2 heteroatoms. The summed E-state index contributed by atoms with van der Waals surface area (Å²) in [7, 11) is 1.75. The first-order valence-corrected chi connectivity index (χ1v) is 7.35. The monoisotopic (exact) mass is 244 g/mol. The number of aryl methyl sites for hydroxylation is 1. The van der Waals surface area contributed by atoms with E-state index in [0.29, 0.717) is 0 Å². The molecule has 0 radical (unpaired) electrons. The molecule has 0 N–H and O–H groups in total. The van der Waals surface area contributed by atoms with Crippen LogP contribution in [0.15, 0.2) is 24.3 Å². The molecule has 0 amide bonds. The fourth-order valence-corrected chi connectivity index (χ4v) is 2.20.